The van der Waals surface area contributed by atoms with E-state index in [0.717, 1.165) is 18.4 Å². The highest BCUT2D eigenvalue weighted by atomic mass is 16.5. The number of hydrogen-bond donors (Lipinski definition) is 1. The van der Waals surface area contributed by atoms with E-state index in [1.165, 1.54) is 0 Å². The number of anilines is 1. The van der Waals surface area contributed by atoms with Crippen molar-refractivity contribution < 1.29 is 4.74 Å². The molecule has 2 aromatic rings. The van der Waals surface area contributed by atoms with Crippen molar-refractivity contribution in [2.24, 2.45) is 5.92 Å². The van der Waals surface area contributed by atoms with E-state index in [9.17, 15) is 4.79 Å². The van der Waals surface area contributed by atoms with Crippen molar-refractivity contribution in [1.29, 1.82) is 0 Å². The fourth-order valence-corrected chi connectivity index (χ4v) is 2.13. The van der Waals surface area contributed by atoms with E-state index in [1.807, 2.05) is 30.3 Å². The summed E-state index contributed by atoms with van der Waals surface area (Å²) in [5.74, 6) is 1.12. The normalized spacial score (nSPS) is 11.3. The van der Waals surface area contributed by atoms with Crippen molar-refractivity contribution >= 4 is 16.6 Å². The monoisotopic (exact) mass is 274 g/mol. The number of pyridine rings is 1. The van der Waals surface area contributed by atoms with Gasteiger partial charge in [-0.15, -0.1) is 0 Å². The van der Waals surface area contributed by atoms with E-state index < -0.39 is 0 Å². The number of ether oxygens (including phenoxy) is 1. The van der Waals surface area contributed by atoms with Crippen LogP contribution in [-0.2, 0) is 11.3 Å². The molecule has 1 aromatic heterocycles. The average molecular weight is 274 g/mol. The first-order chi connectivity index (χ1) is 9.59. The number of hydrogen-bond acceptors (Lipinski definition) is 3. The van der Waals surface area contributed by atoms with Crippen LogP contribution < -0.4 is 11.3 Å². The van der Waals surface area contributed by atoms with Crippen molar-refractivity contribution in [1.82, 2.24) is 4.57 Å². The van der Waals surface area contributed by atoms with Gasteiger partial charge >= 0.3 is 0 Å². The molecule has 0 aliphatic carbocycles. The predicted molar refractivity (Wildman–Crippen MR) is 82.9 cm³/mol. The third-order valence-corrected chi connectivity index (χ3v) is 3.35. The number of rotatable bonds is 6. The first kappa shape index (κ1) is 14.6. The molecule has 0 saturated heterocycles. The summed E-state index contributed by atoms with van der Waals surface area (Å²) in [5.41, 5.74) is 5.91. The van der Waals surface area contributed by atoms with Crippen LogP contribution in [0.4, 0.5) is 5.82 Å². The maximum Gasteiger partial charge on any atom is 0.260 e. The van der Waals surface area contributed by atoms with Gasteiger partial charge in [-0.05, 0) is 29.9 Å². The molecule has 0 spiro atoms. The Hall–Kier alpha value is -1.81. The van der Waals surface area contributed by atoms with Crippen molar-refractivity contribution in [3.05, 3.63) is 40.7 Å². The summed E-state index contributed by atoms with van der Waals surface area (Å²) in [5, 5.41) is 1.58. The molecule has 0 unspecified atom stereocenters. The van der Waals surface area contributed by atoms with Crippen LogP contribution in [0.15, 0.2) is 35.1 Å². The zero-order valence-electron chi connectivity index (χ0n) is 12.1. The zero-order chi connectivity index (χ0) is 14.5. The van der Waals surface area contributed by atoms with Gasteiger partial charge in [0.2, 0.25) is 0 Å². The quantitative estimate of drug-likeness (QED) is 0.824. The van der Waals surface area contributed by atoms with Gasteiger partial charge in [-0.25, -0.2) is 0 Å². The largest absolute Gasteiger partial charge is 0.385 e. The maximum atomic E-state index is 12.3. The number of nitrogens with zero attached hydrogens (tertiary/aromatic N) is 1. The molecule has 0 atom stereocenters. The summed E-state index contributed by atoms with van der Waals surface area (Å²) >= 11 is 0. The summed E-state index contributed by atoms with van der Waals surface area (Å²) in [4.78, 5) is 12.3. The highest BCUT2D eigenvalue weighted by Crippen LogP contribution is 2.13. The van der Waals surface area contributed by atoms with Gasteiger partial charge in [-0.3, -0.25) is 9.36 Å². The summed E-state index contributed by atoms with van der Waals surface area (Å²) in [7, 11) is 0. The molecule has 1 aromatic carbocycles. The minimum Gasteiger partial charge on any atom is -0.385 e. The van der Waals surface area contributed by atoms with Gasteiger partial charge in [-0.1, -0.05) is 32.0 Å². The third kappa shape index (κ3) is 3.39. The molecule has 20 heavy (non-hydrogen) atoms. The molecule has 0 fully saturated rings. The summed E-state index contributed by atoms with van der Waals surface area (Å²) in [6.07, 6.45) is 1.03. The lowest BCUT2D eigenvalue weighted by Gasteiger charge is -2.12. The number of fused-ring (bicyclic) bond motifs is 1. The van der Waals surface area contributed by atoms with Crippen molar-refractivity contribution in [3.8, 4) is 0 Å². The van der Waals surface area contributed by atoms with Gasteiger partial charge < -0.3 is 10.5 Å². The van der Waals surface area contributed by atoms with Crippen LogP contribution in [0.5, 0.6) is 0 Å². The highest BCUT2D eigenvalue weighted by Gasteiger charge is 2.06. The minimum atomic E-state index is -0.0481. The molecular formula is C16H22N2O2. The third-order valence-electron chi connectivity index (χ3n) is 3.35. The fourth-order valence-electron chi connectivity index (χ4n) is 2.13. The van der Waals surface area contributed by atoms with Crippen LogP contribution in [0.2, 0.25) is 0 Å². The Morgan fingerprint density at radius 3 is 2.75 bits per heavy atom. The molecule has 108 valence electrons. The van der Waals surface area contributed by atoms with Crippen molar-refractivity contribution in [2.45, 2.75) is 26.8 Å². The van der Waals surface area contributed by atoms with E-state index in [-0.39, 0.29) is 5.56 Å². The van der Waals surface area contributed by atoms with Crippen LogP contribution in [-0.4, -0.2) is 17.8 Å². The molecule has 0 radical (unpaired) electrons. The zero-order valence-corrected chi connectivity index (χ0v) is 12.1. The minimum absolute atomic E-state index is 0.0481. The standard InChI is InChI=1S/C16H22N2O2/c1-12(2)7-9-20-10-8-18-15(17)11-13-5-3-4-6-14(13)16(18)19/h3-6,11-12H,7-10,17H2,1-2H3. The maximum absolute atomic E-state index is 12.3. The number of nitrogens with two attached hydrogens (primary N) is 1. The van der Waals surface area contributed by atoms with Gasteiger partial charge in [0, 0.05) is 12.0 Å². The Balaban J connectivity index is 2.08. The van der Waals surface area contributed by atoms with Gasteiger partial charge in [0.1, 0.15) is 5.82 Å². The van der Waals surface area contributed by atoms with E-state index >= 15 is 0 Å². The molecule has 0 amide bonds. The van der Waals surface area contributed by atoms with Gasteiger partial charge in [0.05, 0.1) is 13.2 Å². The van der Waals surface area contributed by atoms with Gasteiger partial charge in [0.15, 0.2) is 0 Å². The number of nitrogen functional groups attached to an aromatic ring is 1. The van der Waals surface area contributed by atoms with Crippen molar-refractivity contribution in [2.75, 3.05) is 18.9 Å². The average Bonchev–Trinajstić information content (AvgIpc) is 2.41. The number of aromatic nitrogens is 1. The van der Waals surface area contributed by atoms with Crippen LogP contribution in [0.1, 0.15) is 20.3 Å². The molecular weight excluding hydrogens is 252 g/mol. The lowest BCUT2D eigenvalue weighted by atomic mass is 10.1. The topological polar surface area (TPSA) is 57.2 Å². The first-order valence-electron chi connectivity index (χ1n) is 7.05. The van der Waals surface area contributed by atoms with Gasteiger partial charge in [-0.2, -0.15) is 0 Å². The predicted octanol–water partition coefficient (Wildman–Crippen LogP) is 2.65. The SMILES string of the molecule is CC(C)CCOCCn1c(N)cc2ccccc2c1=O. The van der Waals surface area contributed by atoms with E-state index in [2.05, 4.69) is 13.8 Å². The Kier molecular flexibility index (Phi) is 4.79. The molecule has 0 saturated carbocycles. The van der Waals surface area contributed by atoms with Crippen molar-refractivity contribution in [3.63, 3.8) is 0 Å². The molecule has 1 heterocycles. The second kappa shape index (κ2) is 6.57. The molecule has 4 nitrogen and oxygen atoms in total. The summed E-state index contributed by atoms with van der Waals surface area (Å²) in [6.45, 7) is 6.05. The van der Waals surface area contributed by atoms with Crippen LogP contribution in [0, 0.1) is 5.92 Å². The second-order valence-electron chi connectivity index (χ2n) is 5.41. The Morgan fingerprint density at radius 1 is 1.25 bits per heavy atom. The highest BCUT2D eigenvalue weighted by molar-refractivity contribution is 5.83. The van der Waals surface area contributed by atoms with E-state index in [4.69, 9.17) is 10.5 Å². The van der Waals surface area contributed by atoms with E-state index in [1.54, 1.807) is 4.57 Å². The van der Waals surface area contributed by atoms with Crippen LogP contribution >= 0.6 is 0 Å². The molecule has 4 heteroatoms. The van der Waals surface area contributed by atoms with E-state index in [0.29, 0.717) is 30.3 Å². The fraction of sp³-hybridized carbons (Fsp3) is 0.438. The Labute approximate surface area is 119 Å². The van der Waals surface area contributed by atoms with Crippen LogP contribution in [0.3, 0.4) is 0 Å². The molecule has 0 aliphatic rings. The first-order valence-corrected chi connectivity index (χ1v) is 7.05. The summed E-state index contributed by atoms with van der Waals surface area (Å²) < 4.78 is 7.14. The lowest BCUT2D eigenvalue weighted by Crippen LogP contribution is -2.25. The van der Waals surface area contributed by atoms with Crippen LogP contribution in [0.25, 0.3) is 10.8 Å². The second-order valence-corrected chi connectivity index (χ2v) is 5.41. The summed E-state index contributed by atoms with van der Waals surface area (Å²) in [6, 6.07) is 9.33. The molecule has 0 bridgehead atoms. The van der Waals surface area contributed by atoms with Gasteiger partial charge in [0.25, 0.3) is 5.56 Å². The smallest absolute Gasteiger partial charge is 0.260 e. The Bertz CT molecular complexity index is 632. The molecule has 2 N–H and O–H groups in total. The lowest BCUT2D eigenvalue weighted by molar-refractivity contribution is 0.116. The number of benzene rings is 1. The molecule has 0 aliphatic heterocycles. The molecule has 2 rings (SSSR count). The Morgan fingerprint density at radius 2 is 2.00 bits per heavy atom.